The molecule has 6 rings (SSSR count). The van der Waals surface area contributed by atoms with Crippen LogP contribution in [-0.4, -0.2) is 33.4 Å². The number of carbonyl (C=O) groups excluding carboxylic acids is 1. The summed E-state index contributed by atoms with van der Waals surface area (Å²) in [5, 5.41) is 2.37. The summed E-state index contributed by atoms with van der Waals surface area (Å²) in [4.78, 5) is 20.3. The maximum Gasteiger partial charge on any atom is 0.253 e. The summed E-state index contributed by atoms with van der Waals surface area (Å²) in [7, 11) is 0. The highest BCUT2D eigenvalue weighted by Gasteiger charge is 2.21. The standard InChI is InChI=1S/C31H29N3O/c1-22-12-14-23(15-13-22)21-34-29-17-16-25(31(35)33-18-5-2-6-19-33)20-28(29)32-30(34)27-11-7-9-24-8-3-4-10-26(24)27/h3-4,7-17,20H,2,5-6,18-19,21H2,1H3. The fraction of sp³-hybridized carbons (Fsp3) is 0.226. The van der Waals surface area contributed by atoms with Gasteiger partial charge < -0.3 is 9.47 Å². The van der Waals surface area contributed by atoms with Crippen molar-refractivity contribution in [2.75, 3.05) is 13.1 Å². The Morgan fingerprint density at radius 3 is 2.46 bits per heavy atom. The van der Waals surface area contributed by atoms with Gasteiger partial charge in [-0.05, 0) is 60.7 Å². The number of nitrogens with zero attached hydrogens (tertiary/aromatic N) is 3. The molecule has 0 radical (unpaired) electrons. The Kier molecular flexibility index (Phi) is 5.57. The fourth-order valence-corrected chi connectivity index (χ4v) is 5.20. The minimum Gasteiger partial charge on any atom is -0.339 e. The van der Waals surface area contributed by atoms with Gasteiger partial charge in [-0.1, -0.05) is 72.3 Å². The zero-order valence-corrected chi connectivity index (χ0v) is 20.1. The second-order valence-electron chi connectivity index (χ2n) is 9.59. The maximum absolute atomic E-state index is 13.2. The largest absolute Gasteiger partial charge is 0.339 e. The van der Waals surface area contributed by atoms with Crippen LogP contribution in [0.2, 0.25) is 0 Å². The van der Waals surface area contributed by atoms with Crippen molar-refractivity contribution in [3.63, 3.8) is 0 Å². The van der Waals surface area contributed by atoms with Crippen molar-refractivity contribution in [2.24, 2.45) is 0 Å². The Labute approximate surface area is 205 Å². The fourth-order valence-electron chi connectivity index (χ4n) is 5.20. The van der Waals surface area contributed by atoms with Crippen molar-refractivity contribution < 1.29 is 4.79 Å². The third-order valence-corrected chi connectivity index (χ3v) is 7.13. The smallest absolute Gasteiger partial charge is 0.253 e. The van der Waals surface area contributed by atoms with E-state index in [1.165, 1.54) is 28.3 Å². The molecule has 1 saturated heterocycles. The molecule has 1 fully saturated rings. The van der Waals surface area contributed by atoms with Crippen LogP contribution >= 0.6 is 0 Å². The van der Waals surface area contributed by atoms with Gasteiger partial charge in [0.05, 0.1) is 11.0 Å². The molecular formula is C31H29N3O. The summed E-state index contributed by atoms with van der Waals surface area (Å²) >= 11 is 0. The predicted molar refractivity (Wildman–Crippen MR) is 143 cm³/mol. The highest BCUT2D eigenvalue weighted by Crippen LogP contribution is 2.32. The molecule has 1 aliphatic rings. The first-order valence-corrected chi connectivity index (χ1v) is 12.5. The van der Waals surface area contributed by atoms with Crippen LogP contribution in [0.25, 0.3) is 33.2 Å². The minimum atomic E-state index is 0.117. The normalized spacial score (nSPS) is 14.0. The van der Waals surface area contributed by atoms with E-state index in [0.717, 1.165) is 60.5 Å². The van der Waals surface area contributed by atoms with Gasteiger partial charge in [0.2, 0.25) is 0 Å². The van der Waals surface area contributed by atoms with Gasteiger partial charge in [-0.3, -0.25) is 4.79 Å². The van der Waals surface area contributed by atoms with Crippen LogP contribution in [0.1, 0.15) is 40.7 Å². The number of imidazole rings is 1. The number of rotatable bonds is 4. The summed E-state index contributed by atoms with van der Waals surface area (Å²) in [5.74, 6) is 1.05. The topological polar surface area (TPSA) is 38.1 Å². The molecule has 35 heavy (non-hydrogen) atoms. The average Bonchev–Trinajstić information content (AvgIpc) is 3.27. The molecule has 4 aromatic carbocycles. The number of benzene rings is 4. The Bertz CT molecular complexity index is 1520. The first-order valence-electron chi connectivity index (χ1n) is 12.5. The van der Waals surface area contributed by atoms with Crippen LogP contribution in [0.15, 0.2) is 84.9 Å². The molecule has 1 aliphatic heterocycles. The van der Waals surface area contributed by atoms with Crippen molar-refractivity contribution in [2.45, 2.75) is 32.7 Å². The van der Waals surface area contributed by atoms with E-state index in [0.29, 0.717) is 0 Å². The molecule has 0 N–H and O–H groups in total. The third-order valence-electron chi connectivity index (χ3n) is 7.13. The number of aromatic nitrogens is 2. The molecule has 0 saturated carbocycles. The molecule has 0 unspecified atom stereocenters. The highest BCUT2D eigenvalue weighted by atomic mass is 16.2. The van der Waals surface area contributed by atoms with Crippen LogP contribution in [-0.2, 0) is 6.54 Å². The first-order chi connectivity index (χ1) is 17.2. The van der Waals surface area contributed by atoms with Gasteiger partial charge in [0.1, 0.15) is 5.82 Å². The molecule has 0 aliphatic carbocycles. The summed E-state index contributed by atoms with van der Waals surface area (Å²) in [5.41, 5.74) is 6.22. The Morgan fingerprint density at radius 2 is 1.63 bits per heavy atom. The molecule has 0 spiro atoms. The van der Waals surface area contributed by atoms with Crippen molar-refractivity contribution in [3.8, 4) is 11.4 Å². The number of aryl methyl sites for hydroxylation is 1. The van der Waals surface area contributed by atoms with E-state index in [1.54, 1.807) is 0 Å². The summed E-state index contributed by atoms with van der Waals surface area (Å²) in [6.07, 6.45) is 3.38. The van der Waals surface area contributed by atoms with Crippen LogP contribution < -0.4 is 0 Å². The summed E-state index contributed by atoms with van der Waals surface area (Å²) in [6.45, 7) is 4.52. The average molecular weight is 460 g/mol. The highest BCUT2D eigenvalue weighted by molar-refractivity contribution is 6.00. The molecule has 1 aromatic heterocycles. The maximum atomic E-state index is 13.2. The summed E-state index contributed by atoms with van der Waals surface area (Å²) < 4.78 is 2.29. The zero-order chi connectivity index (χ0) is 23.8. The number of carbonyl (C=O) groups is 1. The predicted octanol–water partition coefficient (Wildman–Crippen LogP) is 6.84. The van der Waals surface area contributed by atoms with Gasteiger partial charge in [0.15, 0.2) is 0 Å². The molecule has 5 aromatic rings. The number of piperidine rings is 1. The van der Waals surface area contributed by atoms with Gasteiger partial charge in [-0.25, -0.2) is 4.98 Å². The van der Waals surface area contributed by atoms with E-state index in [-0.39, 0.29) is 5.91 Å². The number of hydrogen-bond acceptors (Lipinski definition) is 2. The lowest BCUT2D eigenvalue weighted by Crippen LogP contribution is -2.35. The van der Waals surface area contributed by atoms with Gasteiger partial charge in [-0.2, -0.15) is 0 Å². The number of amides is 1. The lowest BCUT2D eigenvalue weighted by molar-refractivity contribution is 0.0724. The molecule has 0 bridgehead atoms. The molecule has 4 heteroatoms. The lowest BCUT2D eigenvalue weighted by Gasteiger charge is -2.26. The van der Waals surface area contributed by atoms with E-state index in [9.17, 15) is 4.79 Å². The zero-order valence-electron chi connectivity index (χ0n) is 20.1. The molecule has 174 valence electrons. The van der Waals surface area contributed by atoms with E-state index < -0.39 is 0 Å². The number of hydrogen-bond donors (Lipinski definition) is 0. The first kappa shape index (κ1) is 21.6. The molecule has 1 amide bonds. The second-order valence-corrected chi connectivity index (χ2v) is 9.59. The molecular weight excluding hydrogens is 430 g/mol. The van der Waals surface area contributed by atoms with Gasteiger partial charge in [0, 0.05) is 30.8 Å². The molecule has 2 heterocycles. The Balaban J connectivity index is 1.50. The van der Waals surface area contributed by atoms with E-state index >= 15 is 0 Å². The van der Waals surface area contributed by atoms with Crippen LogP contribution in [0.4, 0.5) is 0 Å². The Hall–Kier alpha value is -3.92. The van der Waals surface area contributed by atoms with Crippen LogP contribution in [0.3, 0.4) is 0 Å². The van der Waals surface area contributed by atoms with Crippen molar-refractivity contribution >= 4 is 27.7 Å². The Morgan fingerprint density at radius 1 is 0.857 bits per heavy atom. The van der Waals surface area contributed by atoms with Crippen molar-refractivity contribution in [1.29, 1.82) is 0 Å². The van der Waals surface area contributed by atoms with Crippen molar-refractivity contribution in [3.05, 3.63) is 102 Å². The molecule has 4 nitrogen and oxygen atoms in total. The minimum absolute atomic E-state index is 0.117. The van der Waals surface area contributed by atoms with Crippen LogP contribution in [0.5, 0.6) is 0 Å². The summed E-state index contributed by atoms with van der Waals surface area (Å²) in [6, 6.07) is 29.5. The second kappa shape index (κ2) is 9.03. The van der Waals surface area contributed by atoms with Crippen molar-refractivity contribution in [1.82, 2.24) is 14.5 Å². The SMILES string of the molecule is Cc1ccc(Cn2c(-c3cccc4ccccc34)nc3cc(C(=O)N4CCCCC4)ccc32)cc1. The van der Waals surface area contributed by atoms with Gasteiger partial charge >= 0.3 is 0 Å². The number of fused-ring (bicyclic) bond motifs is 2. The molecule has 0 atom stereocenters. The quantitative estimate of drug-likeness (QED) is 0.295. The van der Waals surface area contributed by atoms with Gasteiger partial charge in [-0.15, -0.1) is 0 Å². The lowest BCUT2D eigenvalue weighted by atomic mass is 10.0. The van der Waals surface area contributed by atoms with E-state index in [1.807, 2.05) is 17.0 Å². The van der Waals surface area contributed by atoms with E-state index in [2.05, 4.69) is 84.3 Å². The number of likely N-dealkylation sites (tertiary alicyclic amines) is 1. The van der Waals surface area contributed by atoms with E-state index in [4.69, 9.17) is 4.98 Å². The monoisotopic (exact) mass is 459 g/mol. The third kappa shape index (κ3) is 4.10. The van der Waals surface area contributed by atoms with Gasteiger partial charge in [0.25, 0.3) is 5.91 Å². The van der Waals surface area contributed by atoms with Crippen LogP contribution in [0, 0.1) is 6.92 Å².